The molecule has 0 aliphatic carbocycles. The second-order valence-electron chi connectivity index (χ2n) is 8.18. The topological polar surface area (TPSA) is 67.2 Å². The number of hydrogen-bond acceptors (Lipinski definition) is 6. The Morgan fingerprint density at radius 1 is 1.03 bits per heavy atom. The fraction of sp³-hybridized carbons (Fsp3) is 0.565. The number of amides is 1. The molecule has 2 heterocycles. The first-order chi connectivity index (χ1) is 14.9. The third-order valence-corrected chi connectivity index (χ3v) is 5.90. The van der Waals surface area contributed by atoms with E-state index in [0.29, 0.717) is 47.5 Å². The zero-order valence-electron chi connectivity index (χ0n) is 19.3. The fourth-order valence-electron chi connectivity index (χ4n) is 4.08. The second kappa shape index (κ2) is 10.2. The maximum atomic E-state index is 13.5. The second-order valence-corrected chi connectivity index (χ2v) is 8.18. The number of hydrogen-bond donors (Lipinski definition) is 0. The predicted molar refractivity (Wildman–Crippen MR) is 123 cm³/mol. The SMILES string of the molecule is CCn1cc(C(=O)N2CCN(CCCN(C)C)CC2)c2cc(OC)c(OC)cc2c1=O. The molecule has 1 aliphatic rings. The van der Waals surface area contributed by atoms with Crippen LogP contribution in [0.1, 0.15) is 23.7 Å². The quantitative estimate of drug-likeness (QED) is 0.636. The number of piperazine rings is 1. The van der Waals surface area contributed by atoms with Gasteiger partial charge < -0.3 is 23.8 Å². The van der Waals surface area contributed by atoms with Crippen LogP contribution in [0.15, 0.2) is 23.1 Å². The zero-order valence-corrected chi connectivity index (χ0v) is 19.3. The third-order valence-electron chi connectivity index (χ3n) is 5.90. The minimum Gasteiger partial charge on any atom is -0.493 e. The molecule has 8 nitrogen and oxygen atoms in total. The summed E-state index contributed by atoms with van der Waals surface area (Å²) in [6.45, 7) is 7.58. The monoisotopic (exact) mass is 430 g/mol. The molecule has 8 heteroatoms. The lowest BCUT2D eigenvalue weighted by atomic mass is 10.0. The molecule has 0 spiro atoms. The smallest absolute Gasteiger partial charge is 0.258 e. The fourth-order valence-corrected chi connectivity index (χ4v) is 4.08. The van der Waals surface area contributed by atoms with Gasteiger partial charge in [0.1, 0.15) is 0 Å². The molecule has 1 aromatic heterocycles. The highest BCUT2D eigenvalue weighted by Crippen LogP contribution is 2.32. The van der Waals surface area contributed by atoms with Crippen molar-refractivity contribution >= 4 is 16.7 Å². The van der Waals surface area contributed by atoms with Crippen molar-refractivity contribution in [1.82, 2.24) is 19.3 Å². The number of aromatic nitrogens is 1. The van der Waals surface area contributed by atoms with Crippen molar-refractivity contribution in [1.29, 1.82) is 0 Å². The molecule has 0 saturated carbocycles. The van der Waals surface area contributed by atoms with Crippen LogP contribution in [0.2, 0.25) is 0 Å². The van der Waals surface area contributed by atoms with Crippen LogP contribution < -0.4 is 15.0 Å². The van der Waals surface area contributed by atoms with Crippen LogP contribution in [0.25, 0.3) is 10.8 Å². The number of methoxy groups -OCH3 is 2. The summed E-state index contributed by atoms with van der Waals surface area (Å²) in [7, 11) is 7.26. The normalized spacial score (nSPS) is 15.0. The van der Waals surface area contributed by atoms with Gasteiger partial charge in [-0.2, -0.15) is 0 Å². The highest BCUT2D eigenvalue weighted by molar-refractivity contribution is 6.07. The minimum absolute atomic E-state index is 0.0487. The lowest BCUT2D eigenvalue weighted by Crippen LogP contribution is -2.49. The van der Waals surface area contributed by atoms with Crippen molar-refractivity contribution < 1.29 is 14.3 Å². The zero-order chi connectivity index (χ0) is 22.5. The van der Waals surface area contributed by atoms with Gasteiger partial charge in [-0.1, -0.05) is 0 Å². The van der Waals surface area contributed by atoms with Crippen LogP contribution in [0.3, 0.4) is 0 Å². The van der Waals surface area contributed by atoms with Gasteiger partial charge in [-0.3, -0.25) is 14.5 Å². The lowest BCUT2D eigenvalue weighted by Gasteiger charge is -2.35. The van der Waals surface area contributed by atoms with Crippen molar-refractivity contribution in [3.8, 4) is 11.5 Å². The largest absolute Gasteiger partial charge is 0.493 e. The summed E-state index contributed by atoms with van der Waals surface area (Å²) in [5, 5.41) is 1.07. The van der Waals surface area contributed by atoms with Gasteiger partial charge in [0.15, 0.2) is 11.5 Å². The number of aryl methyl sites for hydroxylation is 1. The molecule has 170 valence electrons. The van der Waals surface area contributed by atoms with Gasteiger partial charge in [-0.25, -0.2) is 0 Å². The van der Waals surface area contributed by atoms with Gasteiger partial charge in [0, 0.05) is 44.3 Å². The molecule has 2 aromatic rings. The summed E-state index contributed by atoms with van der Waals surface area (Å²) in [6, 6.07) is 3.41. The van der Waals surface area contributed by atoms with Crippen molar-refractivity contribution in [3.63, 3.8) is 0 Å². The first-order valence-electron chi connectivity index (χ1n) is 10.8. The predicted octanol–water partition coefficient (Wildman–Crippen LogP) is 1.75. The van der Waals surface area contributed by atoms with Gasteiger partial charge in [-0.05, 0) is 52.7 Å². The van der Waals surface area contributed by atoms with Crippen LogP contribution in [0, 0.1) is 0 Å². The first-order valence-corrected chi connectivity index (χ1v) is 10.8. The highest BCUT2D eigenvalue weighted by atomic mass is 16.5. The van der Waals surface area contributed by atoms with E-state index in [4.69, 9.17) is 9.47 Å². The van der Waals surface area contributed by atoms with Crippen molar-refractivity contribution in [2.75, 3.05) is 67.6 Å². The standard InChI is InChI=1S/C23H34N4O4/c1-6-26-16-19(17-14-20(30-4)21(31-5)15-18(17)22(26)28)23(29)27-12-10-25(11-13-27)9-7-8-24(2)3/h14-16H,6-13H2,1-5H3. The highest BCUT2D eigenvalue weighted by Gasteiger charge is 2.25. The average Bonchev–Trinajstić information content (AvgIpc) is 2.78. The molecular formula is C23H34N4O4. The van der Waals surface area contributed by atoms with Crippen LogP contribution in [0.4, 0.5) is 0 Å². The number of nitrogens with zero attached hydrogens (tertiary/aromatic N) is 4. The molecule has 0 bridgehead atoms. The number of carbonyl (C=O) groups excluding carboxylic acids is 1. The summed E-state index contributed by atoms with van der Waals surface area (Å²) in [5.41, 5.74) is 0.388. The molecule has 0 atom stereocenters. The van der Waals surface area contributed by atoms with Gasteiger partial charge >= 0.3 is 0 Å². The summed E-state index contributed by atoms with van der Waals surface area (Å²) in [4.78, 5) is 32.9. The van der Waals surface area contributed by atoms with E-state index in [0.717, 1.165) is 32.6 Å². The first kappa shape index (κ1) is 23.1. The van der Waals surface area contributed by atoms with E-state index in [1.807, 2.05) is 11.8 Å². The van der Waals surface area contributed by atoms with Gasteiger partial charge in [0.2, 0.25) is 0 Å². The van der Waals surface area contributed by atoms with E-state index < -0.39 is 0 Å². The van der Waals surface area contributed by atoms with Crippen molar-refractivity contribution in [2.24, 2.45) is 0 Å². The Balaban J connectivity index is 1.87. The number of fused-ring (bicyclic) bond motifs is 1. The molecule has 31 heavy (non-hydrogen) atoms. The molecule has 3 rings (SSSR count). The Kier molecular flexibility index (Phi) is 7.56. The molecule has 1 aromatic carbocycles. The van der Waals surface area contributed by atoms with Crippen LogP contribution in [0.5, 0.6) is 11.5 Å². The molecule has 0 radical (unpaired) electrons. The number of benzene rings is 1. The van der Waals surface area contributed by atoms with Crippen molar-refractivity contribution in [3.05, 3.63) is 34.2 Å². The van der Waals surface area contributed by atoms with Crippen LogP contribution in [-0.2, 0) is 6.54 Å². The Morgan fingerprint density at radius 3 is 2.19 bits per heavy atom. The van der Waals surface area contributed by atoms with E-state index in [2.05, 4.69) is 23.9 Å². The van der Waals surface area contributed by atoms with E-state index in [9.17, 15) is 9.59 Å². The maximum Gasteiger partial charge on any atom is 0.258 e. The number of pyridine rings is 1. The molecule has 1 fully saturated rings. The third kappa shape index (κ3) is 5.02. The van der Waals surface area contributed by atoms with Crippen LogP contribution in [-0.4, -0.2) is 92.8 Å². The molecule has 1 amide bonds. The minimum atomic E-state index is -0.138. The van der Waals surface area contributed by atoms with Crippen molar-refractivity contribution in [2.45, 2.75) is 19.9 Å². The number of ether oxygens (including phenoxy) is 2. The van der Waals surface area contributed by atoms with Crippen LogP contribution >= 0.6 is 0 Å². The molecule has 0 N–H and O–H groups in total. The van der Waals surface area contributed by atoms with E-state index in [1.165, 1.54) is 7.11 Å². The van der Waals surface area contributed by atoms with E-state index in [-0.39, 0.29) is 11.5 Å². The molecule has 1 saturated heterocycles. The molecule has 1 aliphatic heterocycles. The van der Waals surface area contributed by atoms with Gasteiger partial charge in [0.25, 0.3) is 11.5 Å². The Morgan fingerprint density at radius 2 is 1.65 bits per heavy atom. The summed E-state index contributed by atoms with van der Waals surface area (Å²) in [5.74, 6) is 0.932. The number of carbonyl (C=O) groups is 1. The Hall–Kier alpha value is -2.58. The lowest BCUT2D eigenvalue weighted by molar-refractivity contribution is 0.0635. The average molecular weight is 431 g/mol. The Bertz CT molecular complexity index is 978. The molecule has 0 unspecified atom stereocenters. The van der Waals surface area contributed by atoms with E-state index >= 15 is 0 Å². The maximum absolute atomic E-state index is 13.5. The summed E-state index contributed by atoms with van der Waals surface area (Å²) >= 11 is 0. The molecular weight excluding hydrogens is 396 g/mol. The summed E-state index contributed by atoms with van der Waals surface area (Å²) < 4.78 is 12.4. The number of rotatable bonds is 8. The Labute approximate surface area is 183 Å². The van der Waals surface area contributed by atoms with Gasteiger partial charge in [-0.15, -0.1) is 0 Å². The van der Waals surface area contributed by atoms with E-state index in [1.54, 1.807) is 30.0 Å². The summed E-state index contributed by atoms with van der Waals surface area (Å²) in [6.07, 6.45) is 2.80. The van der Waals surface area contributed by atoms with Gasteiger partial charge in [0.05, 0.1) is 25.2 Å².